The Morgan fingerprint density at radius 3 is 2.41 bits per heavy atom. The van der Waals surface area contributed by atoms with Gasteiger partial charge >= 0.3 is 0 Å². The van der Waals surface area contributed by atoms with Gasteiger partial charge in [0.1, 0.15) is 17.2 Å². The van der Waals surface area contributed by atoms with E-state index in [1.807, 2.05) is 23.8 Å². The maximum absolute atomic E-state index is 13.9. The van der Waals surface area contributed by atoms with E-state index in [4.69, 9.17) is 4.98 Å². The second-order valence-corrected chi connectivity index (χ2v) is 10.5. The average molecular weight is 503 g/mol. The third kappa shape index (κ3) is 4.43. The highest BCUT2D eigenvalue weighted by atomic mass is 16.2. The van der Waals surface area contributed by atoms with E-state index in [1.165, 1.54) is 0 Å². The molecule has 10 heteroatoms. The summed E-state index contributed by atoms with van der Waals surface area (Å²) in [5.41, 5.74) is 2.87. The van der Waals surface area contributed by atoms with Crippen LogP contribution in [-0.4, -0.2) is 70.1 Å². The molecule has 3 aromatic rings. The van der Waals surface area contributed by atoms with E-state index >= 15 is 0 Å². The Bertz CT molecular complexity index is 1370. The molecular weight excluding hydrogens is 468 g/mol. The quantitative estimate of drug-likeness (QED) is 0.568. The summed E-state index contributed by atoms with van der Waals surface area (Å²) < 4.78 is 1.83. The lowest BCUT2D eigenvalue weighted by molar-refractivity contribution is -0.117. The zero-order valence-electron chi connectivity index (χ0n) is 21.6. The van der Waals surface area contributed by atoms with Gasteiger partial charge in [0.15, 0.2) is 0 Å². The van der Waals surface area contributed by atoms with Crippen molar-refractivity contribution in [2.45, 2.75) is 51.5 Å². The molecule has 1 N–H and O–H groups in total. The molecule has 10 nitrogen and oxygen atoms in total. The number of nitrogens with zero attached hydrogens (tertiary/aromatic N) is 7. The number of likely N-dealkylation sites (N-methyl/N-ethyl adjacent to an activating group) is 1. The molecule has 0 radical (unpaired) electrons. The first-order valence-electron chi connectivity index (χ1n) is 13.4. The second kappa shape index (κ2) is 9.74. The highest BCUT2D eigenvalue weighted by molar-refractivity contribution is 5.98. The lowest BCUT2D eigenvalue weighted by Gasteiger charge is -2.33. The van der Waals surface area contributed by atoms with Crippen LogP contribution in [0.3, 0.4) is 0 Å². The average Bonchev–Trinajstić information content (AvgIpc) is 3.58. The molecule has 0 aromatic carbocycles. The summed E-state index contributed by atoms with van der Waals surface area (Å²) in [5, 5.41) is 4.04. The molecule has 3 aromatic heterocycles. The largest absolute Gasteiger partial charge is 0.368 e. The van der Waals surface area contributed by atoms with Crippen LogP contribution in [0.1, 0.15) is 50.1 Å². The molecule has 5 heterocycles. The van der Waals surface area contributed by atoms with Gasteiger partial charge in [0.25, 0.3) is 5.56 Å². The molecule has 2 aliphatic heterocycles. The van der Waals surface area contributed by atoms with Gasteiger partial charge in [0.05, 0.1) is 11.9 Å². The van der Waals surface area contributed by atoms with Gasteiger partial charge in [-0.05, 0) is 50.9 Å². The first-order chi connectivity index (χ1) is 18.0. The predicted molar refractivity (Wildman–Crippen MR) is 145 cm³/mol. The number of nitrogens with one attached hydrogen (secondary N) is 1. The molecule has 194 valence electrons. The van der Waals surface area contributed by atoms with Crippen LogP contribution in [0.25, 0.3) is 11.0 Å². The molecule has 0 unspecified atom stereocenters. The first kappa shape index (κ1) is 23.8. The number of piperazine rings is 1. The topological polar surface area (TPSA) is 99.5 Å². The van der Waals surface area contributed by atoms with Crippen LogP contribution < -0.4 is 20.7 Å². The number of amides is 1. The minimum absolute atomic E-state index is 0.0165. The van der Waals surface area contributed by atoms with Crippen molar-refractivity contribution in [2.24, 2.45) is 0 Å². The number of hydrogen-bond acceptors (Lipinski definition) is 8. The van der Waals surface area contributed by atoms with Gasteiger partial charge in [-0.2, -0.15) is 4.98 Å². The van der Waals surface area contributed by atoms with Crippen LogP contribution in [0.4, 0.5) is 23.1 Å². The second-order valence-electron chi connectivity index (χ2n) is 10.5. The molecule has 37 heavy (non-hydrogen) atoms. The summed E-state index contributed by atoms with van der Waals surface area (Å²) in [4.78, 5) is 46.8. The minimum atomic E-state index is -0.119. The Morgan fingerprint density at radius 1 is 0.946 bits per heavy atom. The molecule has 6 rings (SSSR count). The summed E-state index contributed by atoms with van der Waals surface area (Å²) in [5.74, 6) is 1.08. The van der Waals surface area contributed by atoms with E-state index in [-0.39, 0.29) is 17.5 Å². The van der Waals surface area contributed by atoms with E-state index in [2.05, 4.69) is 38.2 Å². The number of fused-ring (bicyclic) bond motifs is 1. The van der Waals surface area contributed by atoms with Gasteiger partial charge in [0.2, 0.25) is 11.9 Å². The third-order valence-corrected chi connectivity index (χ3v) is 8.07. The third-order valence-electron chi connectivity index (χ3n) is 8.07. The Morgan fingerprint density at radius 2 is 1.73 bits per heavy atom. The van der Waals surface area contributed by atoms with Crippen molar-refractivity contribution in [2.75, 3.05) is 54.9 Å². The van der Waals surface area contributed by atoms with Gasteiger partial charge in [-0.3, -0.25) is 14.2 Å². The molecule has 0 bridgehead atoms. The Labute approximate surface area is 216 Å². The van der Waals surface area contributed by atoms with Crippen LogP contribution in [-0.2, 0) is 4.79 Å². The summed E-state index contributed by atoms with van der Waals surface area (Å²) in [7, 11) is 2.15. The summed E-state index contributed by atoms with van der Waals surface area (Å²) in [6, 6.07) is 4.09. The van der Waals surface area contributed by atoms with Crippen LogP contribution in [0.15, 0.2) is 29.3 Å². The van der Waals surface area contributed by atoms with Crippen LogP contribution in [0.5, 0.6) is 0 Å². The minimum Gasteiger partial charge on any atom is -0.368 e. The number of carbonyl (C=O) groups excluding carboxylic acids is 1. The number of anilines is 4. The SMILES string of the molecule is Cc1c(N2CCCC2=O)c(=O)n(C2CCCC2)c2nc(Nc3ccc(N4CCN(C)CC4)cn3)ncc12. The van der Waals surface area contributed by atoms with Crippen molar-refractivity contribution in [3.05, 3.63) is 40.4 Å². The highest BCUT2D eigenvalue weighted by Gasteiger charge is 2.31. The maximum atomic E-state index is 13.9. The van der Waals surface area contributed by atoms with Crippen molar-refractivity contribution >= 4 is 40.1 Å². The molecule has 1 amide bonds. The fraction of sp³-hybridized carbons (Fsp3) is 0.519. The number of hydrogen-bond donors (Lipinski definition) is 1. The van der Waals surface area contributed by atoms with E-state index < -0.39 is 0 Å². The molecule has 3 fully saturated rings. The standard InChI is InChI=1S/C27H34N8O2/c1-18-21-17-29-27(30-22-10-9-20(16-28-22)33-14-12-32(2)13-15-33)31-25(21)35(19-6-3-4-7-19)26(37)24(18)34-11-5-8-23(34)36/h9-10,16-17,19H,3-8,11-15H2,1-2H3,(H,28,29,30,31). The Balaban J connectivity index is 1.35. The van der Waals surface area contributed by atoms with Crippen LogP contribution in [0, 0.1) is 6.92 Å². The lowest BCUT2D eigenvalue weighted by atomic mass is 10.1. The number of aromatic nitrogens is 4. The van der Waals surface area contributed by atoms with E-state index in [0.29, 0.717) is 36.1 Å². The number of carbonyl (C=O) groups is 1. The van der Waals surface area contributed by atoms with Gasteiger partial charge < -0.3 is 20.0 Å². The molecule has 1 saturated carbocycles. The smallest absolute Gasteiger partial charge is 0.276 e. The van der Waals surface area contributed by atoms with Crippen molar-refractivity contribution in [1.82, 2.24) is 24.4 Å². The molecule has 2 saturated heterocycles. The van der Waals surface area contributed by atoms with Crippen molar-refractivity contribution in [3.8, 4) is 0 Å². The predicted octanol–water partition coefficient (Wildman–Crippen LogP) is 3.23. The van der Waals surface area contributed by atoms with Gasteiger partial charge in [-0.15, -0.1) is 0 Å². The molecular formula is C27H34N8O2. The highest BCUT2D eigenvalue weighted by Crippen LogP contribution is 2.34. The van der Waals surface area contributed by atoms with Crippen molar-refractivity contribution in [3.63, 3.8) is 0 Å². The van der Waals surface area contributed by atoms with Crippen molar-refractivity contribution in [1.29, 1.82) is 0 Å². The molecule has 0 spiro atoms. The summed E-state index contributed by atoms with van der Waals surface area (Å²) in [6.07, 6.45) is 8.97. The van der Waals surface area contributed by atoms with Crippen LogP contribution >= 0.6 is 0 Å². The number of aryl methyl sites for hydroxylation is 1. The zero-order valence-corrected chi connectivity index (χ0v) is 21.6. The van der Waals surface area contributed by atoms with E-state index in [9.17, 15) is 9.59 Å². The van der Waals surface area contributed by atoms with E-state index in [0.717, 1.165) is 74.9 Å². The van der Waals surface area contributed by atoms with Gasteiger partial charge in [-0.25, -0.2) is 9.97 Å². The normalized spacial score (nSPS) is 19.4. The Kier molecular flexibility index (Phi) is 6.27. The number of rotatable bonds is 5. The van der Waals surface area contributed by atoms with Crippen molar-refractivity contribution < 1.29 is 4.79 Å². The van der Waals surface area contributed by atoms with Crippen LogP contribution in [0.2, 0.25) is 0 Å². The zero-order chi connectivity index (χ0) is 25.5. The van der Waals surface area contributed by atoms with E-state index in [1.54, 1.807) is 11.1 Å². The Hall–Kier alpha value is -3.53. The molecule has 1 aliphatic carbocycles. The fourth-order valence-electron chi connectivity index (χ4n) is 5.91. The maximum Gasteiger partial charge on any atom is 0.276 e. The fourth-order valence-corrected chi connectivity index (χ4v) is 5.91. The molecule has 0 atom stereocenters. The van der Waals surface area contributed by atoms with Gasteiger partial charge in [-0.1, -0.05) is 12.8 Å². The summed E-state index contributed by atoms with van der Waals surface area (Å²) in [6.45, 7) is 6.55. The molecule has 3 aliphatic rings. The number of pyridine rings is 2. The summed E-state index contributed by atoms with van der Waals surface area (Å²) >= 11 is 0. The lowest BCUT2D eigenvalue weighted by Crippen LogP contribution is -2.44. The monoisotopic (exact) mass is 502 g/mol. The first-order valence-corrected chi connectivity index (χ1v) is 13.4. The van der Waals surface area contributed by atoms with Gasteiger partial charge in [0, 0.05) is 56.8 Å².